The van der Waals surface area contributed by atoms with Gasteiger partial charge in [0.2, 0.25) is 5.88 Å². The van der Waals surface area contributed by atoms with Gasteiger partial charge in [0.15, 0.2) is 12.3 Å². The molecule has 2 rings (SSSR count). The zero-order valence-corrected chi connectivity index (χ0v) is 13.5. The van der Waals surface area contributed by atoms with Gasteiger partial charge in [0.05, 0.1) is 0 Å². The van der Waals surface area contributed by atoms with Crippen LogP contribution in [0.3, 0.4) is 0 Å². The van der Waals surface area contributed by atoms with Crippen LogP contribution in [0.5, 0.6) is 5.88 Å². The summed E-state index contributed by atoms with van der Waals surface area (Å²) in [6, 6.07) is 1.56. The average Bonchev–Trinajstić information content (AvgIpc) is 3.12. The second kappa shape index (κ2) is 7.29. The van der Waals surface area contributed by atoms with E-state index in [9.17, 15) is 9.59 Å². The molecule has 1 aliphatic rings. The first kappa shape index (κ1) is 16.3. The fourth-order valence-electron chi connectivity index (χ4n) is 2.28. The summed E-state index contributed by atoms with van der Waals surface area (Å²) in [5.74, 6) is 0.540. The van der Waals surface area contributed by atoms with Crippen molar-refractivity contribution in [2.24, 2.45) is 13.0 Å². The maximum absolute atomic E-state index is 11.9. The van der Waals surface area contributed by atoms with E-state index in [-0.39, 0.29) is 18.4 Å². The van der Waals surface area contributed by atoms with Crippen LogP contribution < -0.4 is 10.1 Å². The molecule has 7 nitrogen and oxygen atoms in total. The Kier molecular flexibility index (Phi) is 5.41. The molecule has 0 aliphatic carbocycles. The third kappa shape index (κ3) is 4.22. The van der Waals surface area contributed by atoms with Gasteiger partial charge in [-0.2, -0.15) is 5.10 Å². The quantitative estimate of drug-likeness (QED) is 0.843. The molecule has 7 heteroatoms. The molecule has 2 heterocycles. The number of nitrogens with one attached hydrogen (secondary N) is 1. The monoisotopic (exact) mass is 308 g/mol. The van der Waals surface area contributed by atoms with Crippen LogP contribution >= 0.6 is 0 Å². The number of nitrogens with zero attached hydrogens (tertiary/aromatic N) is 3. The van der Waals surface area contributed by atoms with E-state index in [0.29, 0.717) is 24.0 Å². The smallest absolute Gasteiger partial charge is 0.271 e. The minimum Gasteiger partial charge on any atom is -0.468 e. The molecule has 1 N–H and O–H groups in total. The number of amides is 2. The molecule has 1 aromatic rings. The number of carbonyl (C=O) groups is 2. The molecule has 2 amide bonds. The average molecular weight is 308 g/mol. The highest BCUT2D eigenvalue weighted by atomic mass is 16.5. The lowest BCUT2D eigenvalue weighted by Crippen LogP contribution is -2.32. The Morgan fingerprint density at radius 2 is 2.05 bits per heavy atom. The number of hydrogen-bond donors (Lipinski definition) is 1. The largest absolute Gasteiger partial charge is 0.468 e. The van der Waals surface area contributed by atoms with E-state index in [4.69, 9.17) is 4.74 Å². The minimum absolute atomic E-state index is 0.0212. The van der Waals surface area contributed by atoms with Crippen molar-refractivity contribution in [3.8, 4) is 5.88 Å². The molecule has 1 saturated heterocycles. The summed E-state index contributed by atoms with van der Waals surface area (Å²) in [5, 5.41) is 6.92. The van der Waals surface area contributed by atoms with Crippen LogP contribution in [0.2, 0.25) is 0 Å². The second-order valence-electron chi connectivity index (χ2n) is 5.97. The molecule has 0 atom stereocenters. The molecule has 0 radical (unpaired) electrons. The molecule has 0 bridgehead atoms. The molecule has 22 heavy (non-hydrogen) atoms. The molecule has 1 aromatic heterocycles. The molecule has 0 saturated carbocycles. The predicted molar refractivity (Wildman–Crippen MR) is 81.7 cm³/mol. The summed E-state index contributed by atoms with van der Waals surface area (Å²) in [5.41, 5.74) is 0.298. The number of aryl methyl sites for hydroxylation is 1. The predicted octanol–water partition coefficient (Wildman–Crippen LogP) is 0.807. The number of ether oxygens (including phenoxy) is 1. The summed E-state index contributed by atoms with van der Waals surface area (Å²) in [7, 11) is 1.69. The van der Waals surface area contributed by atoms with Crippen molar-refractivity contribution in [2.45, 2.75) is 26.7 Å². The minimum atomic E-state index is -0.231. The lowest BCUT2D eigenvalue weighted by Gasteiger charge is -2.15. The van der Waals surface area contributed by atoms with Crippen molar-refractivity contribution in [3.05, 3.63) is 11.8 Å². The Balaban J connectivity index is 1.89. The van der Waals surface area contributed by atoms with Gasteiger partial charge >= 0.3 is 0 Å². The topological polar surface area (TPSA) is 76.5 Å². The third-order valence-corrected chi connectivity index (χ3v) is 3.54. The van der Waals surface area contributed by atoms with Gasteiger partial charge in [-0.3, -0.25) is 9.59 Å². The van der Waals surface area contributed by atoms with Crippen molar-refractivity contribution in [1.82, 2.24) is 20.0 Å². The lowest BCUT2D eigenvalue weighted by atomic mass is 10.2. The van der Waals surface area contributed by atoms with Crippen molar-refractivity contribution in [2.75, 3.05) is 26.2 Å². The van der Waals surface area contributed by atoms with Crippen molar-refractivity contribution in [1.29, 1.82) is 0 Å². The zero-order chi connectivity index (χ0) is 16.1. The molecule has 0 unspecified atom stereocenters. The van der Waals surface area contributed by atoms with E-state index in [1.54, 1.807) is 18.0 Å². The van der Waals surface area contributed by atoms with Gasteiger partial charge in [0, 0.05) is 32.7 Å². The lowest BCUT2D eigenvalue weighted by molar-refractivity contribution is -0.132. The maximum atomic E-state index is 11.9. The van der Waals surface area contributed by atoms with Crippen LogP contribution in [0.1, 0.15) is 37.2 Å². The number of carbonyl (C=O) groups excluding carboxylic acids is 2. The van der Waals surface area contributed by atoms with Crippen molar-refractivity contribution in [3.63, 3.8) is 0 Å². The molecule has 122 valence electrons. The molecule has 0 spiro atoms. The number of likely N-dealkylation sites (tertiary alicyclic amines) is 1. The summed E-state index contributed by atoms with van der Waals surface area (Å²) >= 11 is 0. The molecule has 0 aromatic carbocycles. The van der Waals surface area contributed by atoms with Crippen LogP contribution in [0.25, 0.3) is 0 Å². The fraction of sp³-hybridized carbons (Fsp3) is 0.667. The number of hydrogen-bond acceptors (Lipinski definition) is 4. The number of aromatic nitrogens is 2. The van der Waals surface area contributed by atoms with E-state index in [0.717, 1.165) is 25.9 Å². The van der Waals surface area contributed by atoms with Gasteiger partial charge in [-0.15, -0.1) is 0 Å². The Labute approximate surface area is 130 Å². The molecular formula is C15H24N4O3. The highest BCUT2D eigenvalue weighted by Crippen LogP contribution is 2.13. The van der Waals surface area contributed by atoms with Gasteiger partial charge in [0.1, 0.15) is 0 Å². The standard InChI is InChI=1S/C15H24N4O3/c1-11(2)9-16-15(21)12-8-14(18(3)17-12)22-10-13(20)19-6-4-5-7-19/h8,11H,4-7,9-10H2,1-3H3,(H,16,21). The first-order chi connectivity index (χ1) is 10.5. The Morgan fingerprint density at radius 1 is 1.36 bits per heavy atom. The van der Waals surface area contributed by atoms with E-state index in [1.807, 2.05) is 13.8 Å². The Bertz CT molecular complexity index is 533. The molecule has 1 aliphatic heterocycles. The van der Waals surface area contributed by atoms with Crippen LogP contribution in [0, 0.1) is 5.92 Å². The van der Waals surface area contributed by atoms with E-state index in [2.05, 4.69) is 10.4 Å². The van der Waals surface area contributed by atoms with Gasteiger partial charge < -0.3 is 15.0 Å². The first-order valence-electron chi connectivity index (χ1n) is 7.70. The Hall–Kier alpha value is -2.05. The highest BCUT2D eigenvalue weighted by molar-refractivity contribution is 5.92. The normalized spacial score (nSPS) is 14.5. The highest BCUT2D eigenvalue weighted by Gasteiger charge is 2.19. The van der Waals surface area contributed by atoms with E-state index >= 15 is 0 Å². The summed E-state index contributed by atoms with van der Waals surface area (Å²) < 4.78 is 6.97. The van der Waals surface area contributed by atoms with Crippen LogP contribution in [0.15, 0.2) is 6.07 Å². The van der Waals surface area contributed by atoms with E-state index < -0.39 is 0 Å². The number of rotatable bonds is 6. The maximum Gasteiger partial charge on any atom is 0.271 e. The van der Waals surface area contributed by atoms with Gasteiger partial charge in [-0.1, -0.05) is 13.8 Å². The Morgan fingerprint density at radius 3 is 2.68 bits per heavy atom. The molecular weight excluding hydrogens is 284 g/mol. The second-order valence-corrected chi connectivity index (χ2v) is 5.97. The first-order valence-corrected chi connectivity index (χ1v) is 7.70. The van der Waals surface area contributed by atoms with Gasteiger partial charge in [0.25, 0.3) is 11.8 Å². The molecule has 1 fully saturated rings. The van der Waals surface area contributed by atoms with Crippen LogP contribution in [0.4, 0.5) is 0 Å². The summed E-state index contributed by atoms with van der Waals surface area (Å²) in [4.78, 5) is 25.7. The SMILES string of the molecule is CC(C)CNC(=O)c1cc(OCC(=O)N2CCCC2)n(C)n1. The van der Waals surface area contributed by atoms with E-state index in [1.165, 1.54) is 4.68 Å². The summed E-state index contributed by atoms with van der Waals surface area (Å²) in [6.07, 6.45) is 2.11. The summed E-state index contributed by atoms with van der Waals surface area (Å²) in [6.45, 7) is 6.23. The third-order valence-electron chi connectivity index (χ3n) is 3.54. The van der Waals surface area contributed by atoms with Crippen LogP contribution in [-0.4, -0.2) is 52.7 Å². The van der Waals surface area contributed by atoms with Crippen molar-refractivity contribution < 1.29 is 14.3 Å². The van der Waals surface area contributed by atoms with Crippen molar-refractivity contribution >= 4 is 11.8 Å². The van der Waals surface area contributed by atoms with Gasteiger partial charge in [-0.25, -0.2) is 4.68 Å². The van der Waals surface area contributed by atoms with Gasteiger partial charge in [-0.05, 0) is 18.8 Å². The zero-order valence-electron chi connectivity index (χ0n) is 13.5. The fourth-order valence-corrected chi connectivity index (χ4v) is 2.28. The van der Waals surface area contributed by atoms with Crippen LogP contribution in [-0.2, 0) is 11.8 Å².